The van der Waals surface area contributed by atoms with E-state index in [2.05, 4.69) is 20.8 Å². The molecule has 2 saturated heterocycles. The zero-order chi connectivity index (χ0) is 16.0. The van der Waals surface area contributed by atoms with Gasteiger partial charge in [0.25, 0.3) is 0 Å². The Morgan fingerprint density at radius 2 is 2.22 bits per heavy atom. The van der Waals surface area contributed by atoms with Crippen LogP contribution in [0, 0.1) is 0 Å². The van der Waals surface area contributed by atoms with Crippen LogP contribution in [0.2, 0.25) is 0 Å². The van der Waals surface area contributed by atoms with Gasteiger partial charge < -0.3 is 15.5 Å². The molecular weight excluding hydrogens is 318 g/mol. The van der Waals surface area contributed by atoms with Crippen molar-refractivity contribution in [2.75, 3.05) is 29.9 Å². The highest BCUT2D eigenvalue weighted by atomic mass is 32.2. The number of hydrogen-bond donors (Lipinski definition) is 3. The summed E-state index contributed by atoms with van der Waals surface area (Å²) in [5, 5.41) is 13.7. The van der Waals surface area contributed by atoms with Crippen molar-refractivity contribution in [3.8, 4) is 0 Å². The molecule has 2 aliphatic rings. The number of nitrogens with one attached hydrogen (secondary N) is 3. The van der Waals surface area contributed by atoms with Crippen LogP contribution in [-0.2, 0) is 9.84 Å². The molecule has 2 amide bonds. The number of H-pyrrole nitrogens is 1. The largest absolute Gasteiger partial charge is 0.322 e. The first-order chi connectivity index (χ1) is 11.0. The number of aromatic nitrogens is 2. The van der Waals surface area contributed by atoms with Crippen molar-refractivity contribution < 1.29 is 13.2 Å². The lowest BCUT2D eigenvalue weighted by Crippen LogP contribution is -2.59. The van der Waals surface area contributed by atoms with Crippen LogP contribution in [-0.4, -0.2) is 66.2 Å². The first kappa shape index (κ1) is 14.5. The first-order valence-corrected chi connectivity index (χ1v) is 9.29. The molecule has 2 fully saturated rings. The fourth-order valence-electron chi connectivity index (χ4n) is 3.38. The van der Waals surface area contributed by atoms with Crippen molar-refractivity contribution in [1.82, 2.24) is 20.4 Å². The molecule has 4 rings (SSSR count). The minimum atomic E-state index is -3.09. The van der Waals surface area contributed by atoms with Gasteiger partial charge in [0.2, 0.25) is 0 Å². The number of hydrogen-bond acceptors (Lipinski definition) is 5. The van der Waals surface area contributed by atoms with E-state index in [0.29, 0.717) is 18.8 Å². The Morgan fingerprint density at radius 3 is 3.09 bits per heavy atom. The summed E-state index contributed by atoms with van der Waals surface area (Å²) in [6, 6.07) is 4.76. The van der Waals surface area contributed by atoms with E-state index >= 15 is 0 Å². The fourth-order valence-corrected chi connectivity index (χ4v) is 5.34. The summed E-state index contributed by atoms with van der Waals surface area (Å²) in [6.07, 6.45) is 1.66. The summed E-state index contributed by atoms with van der Waals surface area (Å²) in [5.74, 6) is 0.118. The normalized spacial score (nSPS) is 26.2. The Kier molecular flexibility index (Phi) is 3.27. The van der Waals surface area contributed by atoms with Gasteiger partial charge in [-0.15, -0.1) is 0 Å². The summed E-state index contributed by atoms with van der Waals surface area (Å²) >= 11 is 0. The number of amides is 2. The highest BCUT2D eigenvalue weighted by Crippen LogP contribution is 2.24. The van der Waals surface area contributed by atoms with E-state index in [9.17, 15) is 13.2 Å². The van der Waals surface area contributed by atoms with Gasteiger partial charge in [-0.3, -0.25) is 5.10 Å². The molecule has 0 bridgehead atoms. The number of carbonyl (C=O) groups is 1. The molecule has 2 aromatic rings. The van der Waals surface area contributed by atoms with E-state index in [-0.39, 0.29) is 29.6 Å². The second kappa shape index (κ2) is 5.20. The van der Waals surface area contributed by atoms with E-state index in [0.717, 1.165) is 10.9 Å². The monoisotopic (exact) mass is 335 g/mol. The van der Waals surface area contributed by atoms with E-state index in [1.165, 1.54) is 0 Å². The number of benzene rings is 1. The average molecular weight is 335 g/mol. The second-order valence-corrected chi connectivity index (χ2v) is 8.12. The molecule has 0 spiro atoms. The summed E-state index contributed by atoms with van der Waals surface area (Å²) in [7, 11) is -3.09. The molecule has 122 valence electrons. The van der Waals surface area contributed by atoms with Gasteiger partial charge in [-0.05, 0) is 12.1 Å². The van der Waals surface area contributed by atoms with Gasteiger partial charge >= 0.3 is 6.03 Å². The molecule has 1 aromatic carbocycles. The molecule has 2 aliphatic heterocycles. The third-order valence-corrected chi connectivity index (χ3v) is 6.19. The van der Waals surface area contributed by atoms with Gasteiger partial charge in [0, 0.05) is 24.5 Å². The Balaban J connectivity index is 1.58. The number of urea groups is 1. The van der Waals surface area contributed by atoms with Crippen molar-refractivity contribution in [3.63, 3.8) is 0 Å². The minimum absolute atomic E-state index is 0.0218. The molecule has 0 unspecified atom stereocenters. The lowest BCUT2D eigenvalue weighted by molar-refractivity contribution is 0.163. The smallest absolute Gasteiger partial charge is 0.318 e. The molecule has 0 radical (unpaired) electrons. The number of aromatic amines is 1. The lowest BCUT2D eigenvalue weighted by atomic mass is 10.1. The van der Waals surface area contributed by atoms with E-state index in [4.69, 9.17) is 0 Å². The van der Waals surface area contributed by atoms with Crippen LogP contribution >= 0.6 is 0 Å². The molecule has 23 heavy (non-hydrogen) atoms. The van der Waals surface area contributed by atoms with Crippen molar-refractivity contribution in [1.29, 1.82) is 0 Å². The topological polar surface area (TPSA) is 107 Å². The number of nitrogens with zero attached hydrogens (tertiary/aromatic N) is 2. The van der Waals surface area contributed by atoms with Gasteiger partial charge in [0.05, 0.1) is 34.9 Å². The quantitative estimate of drug-likeness (QED) is 0.688. The zero-order valence-corrected chi connectivity index (χ0v) is 13.1. The number of piperazine rings is 1. The maximum atomic E-state index is 12.6. The molecule has 9 heteroatoms. The lowest BCUT2D eigenvalue weighted by Gasteiger charge is -2.37. The van der Waals surface area contributed by atoms with Gasteiger partial charge in [-0.2, -0.15) is 5.10 Å². The number of anilines is 1. The van der Waals surface area contributed by atoms with Gasteiger partial charge in [0.1, 0.15) is 0 Å². The predicted octanol–water partition coefficient (Wildman–Crippen LogP) is 0.166. The van der Waals surface area contributed by atoms with Crippen LogP contribution in [0.5, 0.6) is 0 Å². The molecule has 2 atom stereocenters. The first-order valence-electron chi connectivity index (χ1n) is 7.47. The highest BCUT2D eigenvalue weighted by Gasteiger charge is 2.44. The molecular formula is C14H17N5O3S. The minimum Gasteiger partial charge on any atom is -0.318 e. The molecule has 8 nitrogen and oxygen atoms in total. The molecule has 0 saturated carbocycles. The number of sulfone groups is 1. The maximum absolute atomic E-state index is 12.6. The Bertz CT molecular complexity index is 862. The Hall–Kier alpha value is -2.13. The second-order valence-electron chi connectivity index (χ2n) is 5.97. The van der Waals surface area contributed by atoms with Gasteiger partial charge in [0.15, 0.2) is 9.84 Å². The fraction of sp³-hybridized carbons (Fsp3) is 0.429. The predicted molar refractivity (Wildman–Crippen MR) is 86.1 cm³/mol. The van der Waals surface area contributed by atoms with Crippen LogP contribution in [0.25, 0.3) is 10.9 Å². The molecule has 0 aliphatic carbocycles. The van der Waals surface area contributed by atoms with E-state index in [1.54, 1.807) is 17.2 Å². The molecule has 3 heterocycles. The molecule has 1 aromatic heterocycles. The summed E-state index contributed by atoms with van der Waals surface area (Å²) < 4.78 is 23.7. The number of fused-ring (bicyclic) bond motifs is 2. The van der Waals surface area contributed by atoms with Crippen molar-refractivity contribution in [2.45, 2.75) is 12.1 Å². The van der Waals surface area contributed by atoms with E-state index < -0.39 is 9.84 Å². The van der Waals surface area contributed by atoms with E-state index in [1.807, 2.05) is 12.1 Å². The van der Waals surface area contributed by atoms with Crippen LogP contribution in [0.15, 0.2) is 24.4 Å². The average Bonchev–Trinajstić information content (AvgIpc) is 3.09. The summed E-state index contributed by atoms with van der Waals surface area (Å²) in [4.78, 5) is 14.3. The van der Waals surface area contributed by atoms with Gasteiger partial charge in [-0.1, -0.05) is 6.07 Å². The Labute approximate surface area is 133 Å². The highest BCUT2D eigenvalue weighted by molar-refractivity contribution is 7.91. The van der Waals surface area contributed by atoms with Crippen molar-refractivity contribution in [2.24, 2.45) is 0 Å². The number of carbonyl (C=O) groups excluding carboxylic acids is 1. The third-order valence-electron chi connectivity index (χ3n) is 4.47. The van der Waals surface area contributed by atoms with Gasteiger partial charge in [-0.25, -0.2) is 13.2 Å². The van der Waals surface area contributed by atoms with Crippen LogP contribution in [0.3, 0.4) is 0 Å². The standard InChI is InChI=1S/C14H17N5O3S/c20-14(17-10-2-1-3-11-9(10)6-16-18-11)19-5-4-15-12-7-23(21,22)8-13(12)19/h1-3,6,12-13,15H,4-5,7-8H2,(H,16,18)(H,17,20)/t12-,13+/m0/s1. The van der Waals surface area contributed by atoms with Crippen LogP contribution in [0.4, 0.5) is 10.5 Å². The third kappa shape index (κ3) is 2.55. The summed E-state index contributed by atoms with van der Waals surface area (Å²) in [5.41, 5.74) is 1.50. The van der Waals surface area contributed by atoms with Crippen LogP contribution < -0.4 is 10.6 Å². The summed E-state index contributed by atoms with van der Waals surface area (Å²) in [6.45, 7) is 1.09. The maximum Gasteiger partial charge on any atom is 0.322 e. The van der Waals surface area contributed by atoms with Crippen molar-refractivity contribution >= 4 is 32.5 Å². The van der Waals surface area contributed by atoms with Crippen molar-refractivity contribution in [3.05, 3.63) is 24.4 Å². The molecule has 3 N–H and O–H groups in total. The zero-order valence-electron chi connectivity index (χ0n) is 12.3. The SMILES string of the molecule is O=C(Nc1cccc2[nH]ncc12)N1CCN[C@H]2CS(=O)(=O)C[C@H]21. The Morgan fingerprint density at radius 1 is 1.35 bits per heavy atom. The number of rotatable bonds is 1. The van der Waals surface area contributed by atoms with Crippen LogP contribution in [0.1, 0.15) is 0 Å².